The van der Waals surface area contributed by atoms with Crippen LogP contribution in [0.1, 0.15) is 114 Å². The third-order valence-corrected chi connectivity index (χ3v) is 10.7. The third kappa shape index (κ3) is 13.2. The average Bonchev–Trinajstić information content (AvgIpc) is 3.26. The number of carbonyl (C=O) groups is 2. The molecule has 59 heavy (non-hydrogen) atoms. The second-order valence-corrected chi connectivity index (χ2v) is 15.1. The van der Waals surface area contributed by atoms with Crippen molar-refractivity contribution in [2.45, 2.75) is 118 Å². The van der Waals surface area contributed by atoms with Crippen LogP contribution in [0.25, 0.3) is 33.4 Å². The molecule has 8 nitrogen and oxygen atoms in total. The maximum absolute atomic E-state index is 12.0. The van der Waals surface area contributed by atoms with Crippen molar-refractivity contribution < 1.29 is 39.1 Å². The van der Waals surface area contributed by atoms with Gasteiger partial charge in [-0.2, -0.15) is 0 Å². The first-order valence-corrected chi connectivity index (χ1v) is 21.5. The Morgan fingerprint density at radius 1 is 0.492 bits per heavy atom. The summed E-state index contributed by atoms with van der Waals surface area (Å²) in [7, 11) is 0. The number of aliphatic hydroxyl groups is 2. The molecule has 0 aliphatic carbocycles. The number of ether oxygens (including phenoxy) is 2. The van der Waals surface area contributed by atoms with E-state index in [0.29, 0.717) is 11.5 Å². The molecule has 0 heterocycles. The molecule has 0 aliphatic heterocycles. The highest BCUT2D eigenvalue weighted by molar-refractivity contribution is 5.88. The molecule has 0 unspecified atom stereocenters. The molecular weight excluding hydrogens is 741 g/mol. The van der Waals surface area contributed by atoms with E-state index in [1.54, 1.807) is 12.1 Å². The van der Waals surface area contributed by atoms with E-state index < -0.39 is 25.2 Å². The monoisotopic (exact) mass is 804 g/mol. The number of aliphatic hydroxyl groups excluding tert-OH is 2. The molecule has 0 aromatic heterocycles. The summed E-state index contributed by atoms with van der Waals surface area (Å²) in [6.07, 6.45) is 15.2. The fourth-order valence-electron chi connectivity index (χ4n) is 7.43. The number of hydrogen-bond acceptors (Lipinski definition) is 8. The van der Waals surface area contributed by atoms with Crippen LogP contribution in [-0.4, -0.2) is 42.2 Å². The van der Waals surface area contributed by atoms with Crippen molar-refractivity contribution >= 4 is 11.9 Å². The molecule has 8 heteroatoms. The number of unbranched alkanes of at least 4 members (excludes halogenated alkanes) is 6. The van der Waals surface area contributed by atoms with E-state index in [4.69, 9.17) is 24.4 Å². The lowest BCUT2D eigenvalue weighted by Gasteiger charge is -2.24. The molecule has 4 aromatic rings. The third-order valence-electron chi connectivity index (χ3n) is 10.7. The van der Waals surface area contributed by atoms with Gasteiger partial charge in [0.1, 0.15) is 5.75 Å². The molecule has 0 aliphatic rings. The molecule has 0 radical (unpaired) electrons. The van der Waals surface area contributed by atoms with E-state index in [1.165, 1.54) is 50.9 Å². The highest BCUT2D eigenvalue weighted by atomic mass is 17.2. The highest BCUT2D eigenvalue weighted by Gasteiger charge is 2.21. The van der Waals surface area contributed by atoms with E-state index >= 15 is 0 Å². The minimum Gasteiger partial charge on any atom is -0.457 e. The second-order valence-electron chi connectivity index (χ2n) is 15.1. The normalized spacial score (nSPS) is 10.9. The van der Waals surface area contributed by atoms with Crippen molar-refractivity contribution in [1.29, 1.82) is 0 Å². The first kappa shape index (κ1) is 46.5. The van der Waals surface area contributed by atoms with Crippen LogP contribution in [0.2, 0.25) is 0 Å². The zero-order valence-electron chi connectivity index (χ0n) is 35.7. The highest BCUT2D eigenvalue weighted by Crippen LogP contribution is 2.41. The van der Waals surface area contributed by atoms with E-state index in [0.717, 1.165) is 94.6 Å². The van der Waals surface area contributed by atoms with Crippen LogP contribution in [0, 0.1) is 0 Å². The molecule has 4 rings (SSSR count). The van der Waals surface area contributed by atoms with E-state index in [2.05, 4.69) is 77.3 Å². The van der Waals surface area contributed by atoms with Gasteiger partial charge < -0.3 is 19.7 Å². The van der Waals surface area contributed by atoms with Crippen molar-refractivity contribution in [3.05, 3.63) is 119 Å². The molecular formula is C51H64O8. The van der Waals surface area contributed by atoms with Gasteiger partial charge in [0.2, 0.25) is 6.79 Å². The number of esters is 1. The molecule has 0 fully saturated rings. The zero-order chi connectivity index (χ0) is 42.6. The van der Waals surface area contributed by atoms with Crippen LogP contribution in [0.3, 0.4) is 0 Å². The van der Waals surface area contributed by atoms with Crippen LogP contribution in [0.15, 0.2) is 97.1 Å². The van der Waals surface area contributed by atoms with E-state index in [9.17, 15) is 14.7 Å². The number of carbonyl (C=O) groups excluding carboxylic acids is 2. The van der Waals surface area contributed by atoms with Crippen molar-refractivity contribution in [3.8, 4) is 44.9 Å². The summed E-state index contributed by atoms with van der Waals surface area (Å²) >= 11 is 0. The lowest BCUT2D eigenvalue weighted by atomic mass is 9.80. The van der Waals surface area contributed by atoms with Crippen molar-refractivity contribution in [1.82, 2.24) is 0 Å². The molecule has 0 amide bonds. The first-order valence-electron chi connectivity index (χ1n) is 21.5. The van der Waals surface area contributed by atoms with Gasteiger partial charge in [0.15, 0.2) is 5.75 Å². The van der Waals surface area contributed by atoms with Crippen molar-refractivity contribution in [3.63, 3.8) is 0 Å². The summed E-state index contributed by atoms with van der Waals surface area (Å²) in [6, 6.07) is 24.8. The first-order chi connectivity index (χ1) is 28.7. The Hall–Kier alpha value is -5.18. The molecule has 0 saturated carbocycles. The van der Waals surface area contributed by atoms with Gasteiger partial charge in [0, 0.05) is 0 Å². The van der Waals surface area contributed by atoms with Gasteiger partial charge in [-0.05, 0) is 125 Å². The van der Waals surface area contributed by atoms with Gasteiger partial charge in [-0.15, -0.1) is 0 Å². The maximum atomic E-state index is 12.0. The van der Waals surface area contributed by atoms with E-state index in [1.807, 2.05) is 24.3 Å². The predicted octanol–water partition coefficient (Wildman–Crippen LogP) is 11.7. The fourth-order valence-corrected chi connectivity index (χ4v) is 7.43. The summed E-state index contributed by atoms with van der Waals surface area (Å²) in [5, 5.41) is 18.3. The Balaban J connectivity index is 1.81. The lowest BCUT2D eigenvalue weighted by Crippen LogP contribution is -2.13. The molecule has 0 bridgehead atoms. The maximum Gasteiger partial charge on any atom is 0.383 e. The largest absolute Gasteiger partial charge is 0.457 e. The SMILES string of the molecule is C=C(CO)C(=O)OCOc1ccc(-c2ccc(-c3ccc(-c4ccc(OOC(=O)C(=C)CO)cc4)c(CCCCC)c3CCC)c(CCCCC)c2CCCCC)cc1. The Morgan fingerprint density at radius 2 is 0.898 bits per heavy atom. The second kappa shape index (κ2) is 24.7. The summed E-state index contributed by atoms with van der Waals surface area (Å²) < 4.78 is 10.8. The summed E-state index contributed by atoms with van der Waals surface area (Å²) in [5.41, 5.74) is 12.8. The lowest BCUT2D eigenvalue weighted by molar-refractivity contribution is -0.209. The Bertz CT molecular complexity index is 1980. The topological polar surface area (TPSA) is 112 Å². The minimum absolute atomic E-state index is 0.0186. The Labute approximate surface area is 351 Å². The van der Waals surface area contributed by atoms with Crippen LogP contribution >= 0.6 is 0 Å². The number of hydrogen-bond donors (Lipinski definition) is 2. The van der Waals surface area contributed by atoms with Crippen molar-refractivity contribution in [2.75, 3.05) is 20.0 Å². The number of benzene rings is 4. The molecule has 316 valence electrons. The summed E-state index contributed by atoms with van der Waals surface area (Å²) in [6.45, 7) is 14.8. The van der Waals surface area contributed by atoms with Gasteiger partial charge >= 0.3 is 11.9 Å². The molecule has 2 N–H and O–H groups in total. The minimum atomic E-state index is -0.808. The van der Waals surface area contributed by atoms with Gasteiger partial charge in [0.05, 0.1) is 24.4 Å². The average molecular weight is 805 g/mol. The Morgan fingerprint density at radius 3 is 1.34 bits per heavy atom. The van der Waals surface area contributed by atoms with Crippen LogP contribution in [0.5, 0.6) is 11.5 Å². The standard InChI is InChI=1S/C51H64O8/c1-7-11-14-18-45-42(39-23-27-41(28-24-39)58-59-51(55)37(6)34-53)29-31-48(44(45)17-10-4)49-32-30-43(46(19-15-12-8-2)47(49)20-16-13-9-3)38-21-25-40(26-22-38)56-35-57-50(54)36(5)33-52/h21-32,52-53H,5-20,33-35H2,1-4H3. The summed E-state index contributed by atoms with van der Waals surface area (Å²) in [4.78, 5) is 34.0. The molecule has 4 aromatic carbocycles. The molecule has 0 spiro atoms. The van der Waals surface area contributed by atoms with Crippen molar-refractivity contribution in [2.24, 2.45) is 0 Å². The van der Waals surface area contributed by atoms with E-state index in [-0.39, 0.29) is 17.9 Å². The fraction of sp³-hybridized carbons (Fsp3) is 0.412. The van der Waals surface area contributed by atoms with Gasteiger partial charge in [-0.3, -0.25) is 4.89 Å². The smallest absolute Gasteiger partial charge is 0.383 e. The van der Waals surface area contributed by atoms with Gasteiger partial charge in [-0.1, -0.05) is 134 Å². The predicted molar refractivity (Wildman–Crippen MR) is 237 cm³/mol. The van der Waals surface area contributed by atoms with Crippen LogP contribution < -0.4 is 9.62 Å². The van der Waals surface area contributed by atoms with Gasteiger partial charge in [-0.25, -0.2) is 14.5 Å². The summed E-state index contributed by atoms with van der Waals surface area (Å²) in [5.74, 6) is -0.530. The number of rotatable bonds is 26. The molecule has 0 saturated heterocycles. The van der Waals surface area contributed by atoms with Crippen LogP contribution in [0.4, 0.5) is 0 Å². The quantitative estimate of drug-likeness (QED) is 0.0161. The van der Waals surface area contributed by atoms with Gasteiger partial charge in [0.25, 0.3) is 0 Å². The zero-order valence-corrected chi connectivity index (χ0v) is 35.7. The Kier molecular flexibility index (Phi) is 19.4. The van der Waals surface area contributed by atoms with Crippen LogP contribution in [-0.2, 0) is 44.9 Å². The molecule has 0 atom stereocenters.